The Bertz CT molecular complexity index is 338. The van der Waals surface area contributed by atoms with Crippen LogP contribution in [0.1, 0.15) is 18.4 Å². The monoisotopic (exact) mass is 238 g/mol. The summed E-state index contributed by atoms with van der Waals surface area (Å²) < 4.78 is 5.45. The molecular formula is C12H18N2O3. The molecule has 0 aliphatic rings. The average molecular weight is 238 g/mol. The van der Waals surface area contributed by atoms with E-state index in [9.17, 15) is 4.79 Å². The van der Waals surface area contributed by atoms with Crippen LogP contribution >= 0.6 is 0 Å². The van der Waals surface area contributed by atoms with Gasteiger partial charge in [-0.2, -0.15) is 0 Å². The molecule has 1 amide bonds. The van der Waals surface area contributed by atoms with E-state index in [0.717, 1.165) is 11.3 Å². The number of aliphatic hydroxyl groups is 1. The lowest BCUT2D eigenvalue weighted by Crippen LogP contribution is -2.29. The first kappa shape index (κ1) is 13.5. The molecule has 0 aromatic heterocycles. The SMILES string of the molecule is NNC(=O)CCCOc1ccc(CCO)cc1. The van der Waals surface area contributed by atoms with Crippen molar-refractivity contribution in [2.24, 2.45) is 5.84 Å². The van der Waals surface area contributed by atoms with Gasteiger partial charge >= 0.3 is 0 Å². The van der Waals surface area contributed by atoms with E-state index >= 15 is 0 Å². The summed E-state index contributed by atoms with van der Waals surface area (Å²) in [6.45, 7) is 0.626. The van der Waals surface area contributed by atoms with E-state index in [1.54, 1.807) is 0 Å². The Morgan fingerprint density at radius 1 is 1.35 bits per heavy atom. The van der Waals surface area contributed by atoms with Gasteiger partial charge in [0.25, 0.3) is 0 Å². The van der Waals surface area contributed by atoms with Gasteiger partial charge in [-0.3, -0.25) is 10.2 Å². The first-order valence-electron chi connectivity index (χ1n) is 5.58. The first-order chi connectivity index (χ1) is 8.26. The van der Waals surface area contributed by atoms with Crippen molar-refractivity contribution in [1.29, 1.82) is 0 Å². The molecule has 1 aromatic rings. The number of benzene rings is 1. The quantitative estimate of drug-likeness (QED) is 0.277. The number of nitrogens with two attached hydrogens (primary N) is 1. The van der Waals surface area contributed by atoms with E-state index in [0.29, 0.717) is 25.9 Å². The van der Waals surface area contributed by atoms with Gasteiger partial charge < -0.3 is 9.84 Å². The number of ether oxygens (including phenoxy) is 1. The molecule has 0 saturated heterocycles. The number of hydrazine groups is 1. The lowest BCUT2D eigenvalue weighted by Gasteiger charge is -2.06. The van der Waals surface area contributed by atoms with Crippen molar-refractivity contribution >= 4 is 5.91 Å². The number of hydrogen-bond donors (Lipinski definition) is 3. The Morgan fingerprint density at radius 3 is 2.65 bits per heavy atom. The second-order valence-corrected chi connectivity index (χ2v) is 3.64. The number of hydrogen-bond acceptors (Lipinski definition) is 4. The van der Waals surface area contributed by atoms with Crippen molar-refractivity contribution < 1.29 is 14.6 Å². The van der Waals surface area contributed by atoms with Crippen LogP contribution in [0, 0.1) is 0 Å². The lowest BCUT2D eigenvalue weighted by atomic mass is 10.1. The van der Waals surface area contributed by atoms with Gasteiger partial charge in [0.15, 0.2) is 0 Å². The Kier molecular flexibility index (Phi) is 6.06. The van der Waals surface area contributed by atoms with Crippen molar-refractivity contribution in [1.82, 2.24) is 5.43 Å². The molecule has 0 atom stereocenters. The molecule has 0 aliphatic carbocycles. The van der Waals surface area contributed by atoms with E-state index in [2.05, 4.69) is 5.43 Å². The van der Waals surface area contributed by atoms with E-state index in [1.165, 1.54) is 0 Å². The van der Waals surface area contributed by atoms with Gasteiger partial charge in [0.05, 0.1) is 6.61 Å². The van der Waals surface area contributed by atoms with Crippen LogP contribution in [0.2, 0.25) is 0 Å². The highest BCUT2D eigenvalue weighted by Crippen LogP contribution is 2.12. The number of aliphatic hydroxyl groups excluding tert-OH is 1. The molecule has 0 heterocycles. The molecular weight excluding hydrogens is 220 g/mol. The predicted octanol–water partition coefficient (Wildman–Crippen LogP) is 0.370. The van der Waals surface area contributed by atoms with Gasteiger partial charge in [-0.15, -0.1) is 0 Å². The van der Waals surface area contributed by atoms with E-state index < -0.39 is 0 Å². The molecule has 94 valence electrons. The second kappa shape index (κ2) is 7.65. The van der Waals surface area contributed by atoms with Crippen LogP contribution in [0.15, 0.2) is 24.3 Å². The fourth-order valence-electron chi connectivity index (χ4n) is 1.38. The molecule has 0 saturated carbocycles. The molecule has 5 nitrogen and oxygen atoms in total. The summed E-state index contributed by atoms with van der Waals surface area (Å²) >= 11 is 0. The summed E-state index contributed by atoms with van der Waals surface area (Å²) in [4.78, 5) is 10.8. The number of nitrogens with one attached hydrogen (secondary N) is 1. The molecule has 0 fully saturated rings. The highest BCUT2D eigenvalue weighted by molar-refractivity contribution is 5.75. The van der Waals surface area contributed by atoms with Crippen LogP contribution in [0.5, 0.6) is 5.75 Å². The summed E-state index contributed by atoms with van der Waals surface area (Å²) in [5.41, 5.74) is 3.14. The predicted molar refractivity (Wildman–Crippen MR) is 64.3 cm³/mol. The largest absolute Gasteiger partial charge is 0.494 e. The van der Waals surface area contributed by atoms with Crippen molar-refractivity contribution in [3.8, 4) is 5.75 Å². The average Bonchev–Trinajstić information content (AvgIpc) is 2.36. The summed E-state index contributed by atoms with van der Waals surface area (Å²) in [7, 11) is 0. The van der Waals surface area contributed by atoms with E-state index in [4.69, 9.17) is 15.7 Å². The molecule has 0 bridgehead atoms. The zero-order valence-electron chi connectivity index (χ0n) is 9.69. The number of carbonyl (C=O) groups is 1. The van der Waals surface area contributed by atoms with Crippen LogP contribution in [0.25, 0.3) is 0 Å². The van der Waals surface area contributed by atoms with Crippen LogP contribution in [-0.4, -0.2) is 24.2 Å². The van der Waals surface area contributed by atoms with Gasteiger partial charge in [0.2, 0.25) is 5.91 Å². The zero-order chi connectivity index (χ0) is 12.5. The fourth-order valence-corrected chi connectivity index (χ4v) is 1.38. The number of rotatable bonds is 7. The third-order valence-corrected chi connectivity index (χ3v) is 2.30. The molecule has 5 heteroatoms. The molecule has 0 spiro atoms. The zero-order valence-corrected chi connectivity index (χ0v) is 9.69. The van der Waals surface area contributed by atoms with Crippen molar-refractivity contribution in [3.63, 3.8) is 0 Å². The second-order valence-electron chi connectivity index (χ2n) is 3.64. The summed E-state index contributed by atoms with van der Waals surface area (Å²) in [6.07, 6.45) is 1.64. The van der Waals surface area contributed by atoms with Gasteiger partial charge in [-0.05, 0) is 30.5 Å². The normalized spacial score (nSPS) is 10.0. The fraction of sp³-hybridized carbons (Fsp3) is 0.417. The summed E-state index contributed by atoms with van der Waals surface area (Å²) in [6, 6.07) is 7.54. The molecule has 0 unspecified atom stereocenters. The van der Waals surface area contributed by atoms with Gasteiger partial charge in [0, 0.05) is 13.0 Å². The molecule has 1 rings (SSSR count). The minimum Gasteiger partial charge on any atom is -0.494 e. The van der Waals surface area contributed by atoms with Crippen molar-refractivity contribution in [3.05, 3.63) is 29.8 Å². The maximum absolute atomic E-state index is 10.8. The molecule has 4 N–H and O–H groups in total. The molecule has 0 radical (unpaired) electrons. The standard InChI is InChI=1S/C12H18N2O3/c13-14-12(16)2-1-9-17-11-5-3-10(4-6-11)7-8-15/h3-6,15H,1-2,7-9,13H2,(H,14,16). The van der Waals surface area contributed by atoms with Crippen LogP contribution in [0.3, 0.4) is 0 Å². The Morgan fingerprint density at radius 2 is 2.06 bits per heavy atom. The van der Waals surface area contributed by atoms with Crippen molar-refractivity contribution in [2.75, 3.05) is 13.2 Å². The van der Waals surface area contributed by atoms with Crippen LogP contribution < -0.4 is 16.0 Å². The van der Waals surface area contributed by atoms with Gasteiger partial charge in [-0.25, -0.2) is 5.84 Å². The Labute approximate surface area is 101 Å². The molecule has 0 aliphatic heterocycles. The summed E-state index contributed by atoms with van der Waals surface area (Å²) in [5.74, 6) is 5.53. The lowest BCUT2D eigenvalue weighted by molar-refractivity contribution is -0.121. The minimum atomic E-state index is -0.188. The number of carbonyl (C=O) groups excluding carboxylic acids is 1. The minimum absolute atomic E-state index is 0.147. The first-order valence-corrected chi connectivity index (χ1v) is 5.58. The Hall–Kier alpha value is -1.59. The smallest absolute Gasteiger partial charge is 0.234 e. The van der Waals surface area contributed by atoms with Crippen LogP contribution in [0.4, 0.5) is 0 Å². The highest BCUT2D eigenvalue weighted by atomic mass is 16.5. The third kappa shape index (κ3) is 5.33. The van der Waals surface area contributed by atoms with E-state index in [-0.39, 0.29) is 12.5 Å². The van der Waals surface area contributed by atoms with E-state index in [1.807, 2.05) is 24.3 Å². The number of amides is 1. The maximum atomic E-state index is 10.8. The maximum Gasteiger partial charge on any atom is 0.234 e. The molecule has 17 heavy (non-hydrogen) atoms. The van der Waals surface area contributed by atoms with Gasteiger partial charge in [-0.1, -0.05) is 12.1 Å². The summed E-state index contributed by atoms with van der Waals surface area (Å²) in [5, 5.41) is 8.76. The third-order valence-electron chi connectivity index (χ3n) is 2.30. The van der Waals surface area contributed by atoms with Gasteiger partial charge in [0.1, 0.15) is 5.75 Å². The Balaban J connectivity index is 2.25. The highest BCUT2D eigenvalue weighted by Gasteiger charge is 1.99. The topological polar surface area (TPSA) is 84.6 Å². The van der Waals surface area contributed by atoms with Crippen molar-refractivity contribution in [2.45, 2.75) is 19.3 Å². The molecule has 1 aromatic carbocycles. The van der Waals surface area contributed by atoms with Crippen LogP contribution in [-0.2, 0) is 11.2 Å².